The van der Waals surface area contributed by atoms with Crippen LogP contribution in [0.5, 0.6) is 0 Å². The number of thiazole rings is 1. The first-order valence-corrected chi connectivity index (χ1v) is 5.55. The molecule has 2 nitrogen and oxygen atoms in total. The summed E-state index contributed by atoms with van der Waals surface area (Å²) in [5.41, 5.74) is 0.975. The van der Waals surface area contributed by atoms with E-state index >= 15 is 0 Å². The fourth-order valence-corrected chi connectivity index (χ4v) is 2.14. The molecule has 1 aromatic carbocycles. The van der Waals surface area contributed by atoms with Crippen LogP contribution in [0.1, 0.15) is 16.3 Å². The third kappa shape index (κ3) is 2.43. The van der Waals surface area contributed by atoms with Gasteiger partial charge in [-0.25, -0.2) is 13.8 Å². The molecule has 0 unspecified atom stereocenters. The van der Waals surface area contributed by atoms with Gasteiger partial charge in [0.05, 0.1) is 17.3 Å². The Hall–Kier alpha value is -1.33. The van der Waals surface area contributed by atoms with Gasteiger partial charge in [0.1, 0.15) is 11.6 Å². The van der Waals surface area contributed by atoms with Crippen molar-refractivity contribution < 1.29 is 13.9 Å². The summed E-state index contributed by atoms with van der Waals surface area (Å²) in [5, 5.41) is 11.3. The molecule has 0 aliphatic carbocycles. The Balaban J connectivity index is 2.20. The molecule has 1 N–H and O–H groups in total. The van der Waals surface area contributed by atoms with Crippen LogP contribution in [0.15, 0.2) is 23.6 Å². The maximum atomic E-state index is 13.3. The molecule has 0 spiro atoms. The number of benzene rings is 1. The third-order valence-corrected chi connectivity index (χ3v) is 3.02. The molecular formula is C11H9F2NOS. The number of nitrogens with zero attached hydrogens (tertiary/aromatic N) is 1. The van der Waals surface area contributed by atoms with E-state index < -0.39 is 11.6 Å². The van der Waals surface area contributed by atoms with E-state index in [0.717, 1.165) is 6.07 Å². The molecule has 0 aliphatic heterocycles. The maximum Gasteiger partial charge on any atom is 0.129 e. The standard InChI is InChI=1S/C11H9F2NOS/c12-8-2-1-7(10(13)4-8)3-11-14-9(5-15)6-16-11/h1-2,4,6,15H,3,5H2. The van der Waals surface area contributed by atoms with Crippen molar-refractivity contribution in [3.05, 3.63) is 51.5 Å². The molecule has 16 heavy (non-hydrogen) atoms. The molecule has 1 aromatic heterocycles. The molecule has 0 fully saturated rings. The minimum absolute atomic E-state index is 0.123. The van der Waals surface area contributed by atoms with E-state index in [1.165, 1.54) is 23.5 Å². The molecule has 84 valence electrons. The minimum atomic E-state index is -0.587. The average Bonchev–Trinajstić information content (AvgIpc) is 2.70. The van der Waals surface area contributed by atoms with Gasteiger partial charge in [-0.1, -0.05) is 6.07 Å². The molecule has 5 heteroatoms. The average molecular weight is 241 g/mol. The third-order valence-electron chi connectivity index (χ3n) is 2.12. The fraction of sp³-hybridized carbons (Fsp3) is 0.182. The van der Waals surface area contributed by atoms with Crippen molar-refractivity contribution in [2.75, 3.05) is 0 Å². The molecule has 2 rings (SSSR count). The number of aliphatic hydroxyl groups excluding tert-OH is 1. The van der Waals surface area contributed by atoms with Crippen LogP contribution in [0.25, 0.3) is 0 Å². The van der Waals surface area contributed by atoms with Crippen molar-refractivity contribution in [1.82, 2.24) is 4.98 Å². The minimum Gasteiger partial charge on any atom is -0.390 e. The number of hydrogen-bond acceptors (Lipinski definition) is 3. The normalized spacial score (nSPS) is 10.7. The smallest absolute Gasteiger partial charge is 0.129 e. The van der Waals surface area contributed by atoms with E-state index in [1.807, 2.05) is 0 Å². The number of hydrogen-bond donors (Lipinski definition) is 1. The highest BCUT2D eigenvalue weighted by Crippen LogP contribution is 2.17. The maximum absolute atomic E-state index is 13.3. The second kappa shape index (κ2) is 4.67. The SMILES string of the molecule is OCc1csc(Cc2ccc(F)cc2F)n1. The Morgan fingerprint density at radius 1 is 1.31 bits per heavy atom. The Kier molecular flexibility index (Phi) is 3.26. The van der Waals surface area contributed by atoms with E-state index in [0.29, 0.717) is 22.7 Å². The van der Waals surface area contributed by atoms with Gasteiger partial charge in [0, 0.05) is 17.9 Å². The van der Waals surface area contributed by atoms with Crippen molar-refractivity contribution in [3.63, 3.8) is 0 Å². The van der Waals surface area contributed by atoms with Crippen LogP contribution in [0.2, 0.25) is 0 Å². The molecule has 0 atom stereocenters. The molecule has 0 bridgehead atoms. The molecule has 1 heterocycles. The quantitative estimate of drug-likeness (QED) is 0.895. The van der Waals surface area contributed by atoms with Gasteiger partial charge in [-0.05, 0) is 11.6 Å². The van der Waals surface area contributed by atoms with Gasteiger partial charge in [0.25, 0.3) is 0 Å². The molecule has 0 saturated heterocycles. The summed E-state index contributed by atoms with van der Waals surface area (Å²) in [6.45, 7) is -0.123. The van der Waals surface area contributed by atoms with Crippen LogP contribution in [0.3, 0.4) is 0 Å². The number of rotatable bonds is 3. The Bertz CT molecular complexity index is 498. The van der Waals surface area contributed by atoms with Crippen LogP contribution >= 0.6 is 11.3 Å². The summed E-state index contributed by atoms with van der Waals surface area (Å²) in [6.07, 6.45) is 0.316. The van der Waals surface area contributed by atoms with E-state index in [1.54, 1.807) is 5.38 Å². The predicted molar refractivity (Wildman–Crippen MR) is 57.2 cm³/mol. The van der Waals surface area contributed by atoms with Crippen molar-refractivity contribution in [2.24, 2.45) is 0 Å². The van der Waals surface area contributed by atoms with Crippen LogP contribution in [-0.4, -0.2) is 10.1 Å². The lowest BCUT2D eigenvalue weighted by Gasteiger charge is -2.00. The Labute approximate surface area is 95.2 Å². The summed E-state index contributed by atoms with van der Waals surface area (Å²) in [4.78, 5) is 4.10. The number of aromatic nitrogens is 1. The molecular weight excluding hydrogens is 232 g/mol. The molecule has 0 amide bonds. The Morgan fingerprint density at radius 2 is 2.12 bits per heavy atom. The van der Waals surface area contributed by atoms with Crippen LogP contribution in [0, 0.1) is 11.6 Å². The highest BCUT2D eigenvalue weighted by molar-refractivity contribution is 7.09. The molecule has 0 aliphatic rings. The van der Waals surface area contributed by atoms with Crippen LogP contribution in [-0.2, 0) is 13.0 Å². The van der Waals surface area contributed by atoms with E-state index in [-0.39, 0.29) is 6.61 Å². The van der Waals surface area contributed by atoms with E-state index in [2.05, 4.69) is 4.98 Å². The van der Waals surface area contributed by atoms with Gasteiger partial charge in [0.15, 0.2) is 0 Å². The van der Waals surface area contributed by atoms with E-state index in [4.69, 9.17) is 5.11 Å². The van der Waals surface area contributed by atoms with Gasteiger partial charge >= 0.3 is 0 Å². The molecule has 2 aromatic rings. The zero-order valence-corrected chi connectivity index (χ0v) is 9.10. The lowest BCUT2D eigenvalue weighted by molar-refractivity contribution is 0.277. The highest BCUT2D eigenvalue weighted by atomic mass is 32.1. The summed E-state index contributed by atoms with van der Waals surface area (Å²) in [5.74, 6) is -1.16. The van der Waals surface area contributed by atoms with Crippen molar-refractivity contribution >= 4 is 11.3 Å². The molecule has 0 saturated carbocycles. The summed E-state index contributed by atoms with van der Waals surface area (Å²) < 4.78 is 26.0. The first-order valence-electron chi connectivity index (χ1n) is 4.67. The van der Waals surface area contributed by atoms with Crippen molar-refractivity contribution in [3.8, 4) is 0 Å². The first kappa shape index (κ1) is 11.2. The van der Waals surface area contributed by atoms with Gasteiger partial charge < -0.3 is 5.11 Å². The topological polar surface area (TPSA) is 33.1 Å². The zero-order valence-electron chi connectivity index (χ0n) is 8.28. The lowest BCUT2D eigenvalue weighted by Crippen LogP contribution is -1.94. The van der Waals surface area contributed by atoms with Crippen LogP contribution < -0.4 is 0 Å². The monoisotopic (exact) mass is 241 g/mol. The summed E-state index contributed by atoms with van der Waals surface area (Å²) in [6, 6.07) is 3.49. The van der Waals surface area contributed by atoms with E-state index in [9.17, 15) is 8.78 Å². The lowest BCUT2D eigenvalue weighted by atomic mass is 10.1. The van der Waals surface area contributed by atoms with Crippen LogP contribution in [0.4, 0.5) is 8.78 Å². The Morgan fingerprint density at radius 3 is 2.75 bits per heavy atom. The highest BCUT2D eigenvalue weighted by Gasteiger charge is 2.07. The second-order valence-corrected chi connectivity index (χ2v) is 4.25. The first-order chi connectivity index (χ1) is 7.69. The van der Waals surface area contributed by atoms with Crippen molar-refractivity contribution in [2.45, 2.75) is 13.0 Å². The predicted octanol–water partition coefficient (Wildman–Crippen LogP) is 2.50. The largest absolute Gasteiger partial charge is 0.390 e. The molecule has 0 radical (unpaired) electrons. The second-order valence-electron chi connectivity index (χ2n) is 3.30. The summed E-state index contributed by atoms with van der Waals surface area (Å²) in [7, 11) is 0. The zero-order chi connectivity index (χ0) is 11.5. The van der Waals surface area contributed by atoms with Gasteiger partial charge in [-0.3, -0.25) is 0 Å². The number of aliphatic hydroxyl groups is 1. The van der Waals surface area contributed by atoms with Gasteiger partial charge in [0.2, 0.25) is 0 Å². The van der Waals surface area contributed by atoms with Gasteiger partial charge in [-0.2, -0.15) is 0 Å². The number of halogens is 2. The summed E-state index contributed by atoms with van der Waals surface area (Å²) >= 11 is 1.35. The van der Waals surface area contributed by atoms with Crippen molar-refractivity contribution in [1.29, 1.82) is 0 Å². The van der Waals surface area contributed by atoms with Gasteiger partial charge in [-0.15, -0.1) is 11.3 Å². The fourth-order valence-electron chi connectivity index (χ4n) is 1.33.